The van der Waals surface area contributed by atoms with Crippen molar-refractivity contribution in [3.63, 3.8) is 0 Å². The van der Waals surface area contributed by atoms with Crippen LogP contribution < -0.4 is 77.7 Å². The van der Waals surface area contributed by atoms with Gasteiger partial charge in [0.05, 0.1) is 0 Å². The molecule has 0 atom stereocenters. The number of fused-ring (bicyclic) bond motifs is 12. The van der Waals surface area contributed by atoms with Crippen molar-refractivity contribution in [1.29, 1.82) is 0 Å². The molecule has 0 fully saturated rings. The Morgan fingerprint density at radius 3 is 1.30 bits per heavy atom. The van der Waals surface area contributed by atoms with Crippen molar-refractivity contribution in [3.05, 3.63) is 155 Å². The Hall–Kier alpha value is -6.38. The van der Waals surface area contributed by atoms with Crippen LogP contribution in [0.1, 0.15) is 0 Å². The maximum Gasteiger partial charge on any atom is 0.260 e. The molecule has 0 N–H and O–H groups in total. The number of anilines is 3. The van der Waals surface area contributed by atoms with Crippen LogP contribution in [0.3, 0.4) is 0 Å². The molecule has 6 heterocycles. The van der Waals surface area contributed by atoms with E-state index in [0.717, 1.165) is 89.2 Å². The van der Waals surface area contributed by atoms with Crippen LogP contribution in [0.4, 0.5) is 17.1 Å². The molecule has 0 amide bonds. The molecule has 0 saturated carbocycles. The lowest BCUT2D eigenvalue weighted by molar-refractivity contribution is 0.452. The number of halogens is 3. The summed E-state index contributed by atoms with van der Waals surface area (Å²) in [5, 5.41) is 1.64. The van der Waals surface area contributed by atoms with E-state index in [1.54, 1.807) is 0 Å². The van der Waals surface area contributed by atoms with Crippen molar-refractivity contribution in [2.24, 2.45) is 0 Å². The lowest BCUT2D eigenvalue weighted by Gasteiger charge is -2.41. The fraction of sp³-hybridized carbons (Fsp3) is 0. The number of para-hydroxylation sites is 3. The summed E-state index contributed by atoms with van der Waals surface area (Å²) in [5.41, 5.74) is 12.1. The number of nitrogens with zero attached hydrogens (tertiary/aromatic N) is 1. The predicted molar refractivity (Wildman–Crippen MR) is 243 cm³/mol. The Morgan fingerprint density at radius 2 is 0.733 bits per heavy atom. The van der Waals surface area contributed by atoms with E-state index < -0.39 is 0 Å². The van der Waals surface area contributed by atoms with Gasteiger partial charge in [-0.15, -0.1) is 0 Å². The number of rotatable bonds is 1. The zero-order valence-corrected chi connectivity index (χ0v) is 33.4. The molecular formula is C48H23B3Cl3NO5. The van der Waals surface area contributed by atoms with Crippen LogP contribution in [0.25, 0.3) is 0 Å². The van der Waals surface area contributed by atoms with E-state index >= 15 is 0 Å². The van der Waals surface area contributed by atoms with E-state index in [-0.39, 0.29) is 20.1 Å². The van der Waals surface area contributed by atoms with Crippen molar-refractivity contribution >= 4 is 121 Å². The molecule has 0 bridgehead atoms. The van der Waals surface area contributed by atoms with Gasteiger partial charge in [0, 0.05) is 55.2 Å². The van der Waals surface area contributed by atoms with Gasteiger partial charge in [-0.1, -0.05) is 102 Å². The first-order chi connectivity index (χ1) is 29.4. The first-order valence-corrected chi connectivity index (χ1v) is 20.8. The van der Waals surface area contributed by atoms with Gasteiger partial charge in [0.2, 0.25) is 0 Å². The predicted octanol–water partition coefficient (Wildman–Crippen LogP) is 7.51. The third-order valence-corrected chi connectivity index (χ3v) is 13.3. The monoisotopic (exact) mass is 831 g/mol. The second kappa shape index (κ2) is 11.9. The number of hydrogen-bond donors (Lipinski definition) is 0. The minimum atomic E-state index is -0.275. The van der Waals surface area contributed by atoms with Gasteiger partial charge in [-0.2, -0.15) is 0 Å². The van der Waals surface area contributed by atoms with Crippen LogP contribution in [0, 0.1) is 0 Å². The quantitative estimate of drug-likeness (QED) is 0.160. The van der Waals surface area contributed by atoms with Crippen LogP contribution in [0.2, 0.25) is 15.1 Å². The van der Waals surface area contributed by atoms with Gasteiger partial charge in [0.1, 0.15) is 57.5 Å². The van der Waals surface area contributed by atoms with Crippen LogP contribution in [0.5, 0.6) is 57.5 Å². The molecule has 14 rings (SSSR count). The largest absolute Gasteiger partial charge is 0.458 e. The number of ether oxygens (including phenoxy) is 5. The van der Waals surface area contributed by atoms with Gasteiger partial charge < -0.3 is 28.6 Å². The second-order valence-corrected chi connectivity index (χ2v) is 17.2. The molecule has 8 aromatic carbocycles. The van der Waals surface area contributed by atoms with Gasteiger partial charge in [-0.05, 0) is 98.9 Å². The molecule has 6 aliphatic rings. The normalized spacial score (nSPS) is 14.4. The summed E-state index contributed by atoms with van der Waals surface area (Å²) in [6.45, 7) is -0.594. The summed E-state index contributed by atoms with van der Waals surface area (Å²) >= 11 is 20.4. The average Bonchev–Trinajstić information content (AvgIpc) is 3.24. The zero-order valence-electron chi connectivity index (χ0n) is 31.1. The lowest BCUT2D eigenvalue weighted by atomic mass is 9.30. The molecule has 6 nitrogen and oxygen atoms in total. The highest BCUT2D eigenvalue weighted by molar-refractivity contribution is 7.02. The summed E-state index contributed by atoms with van der Waals surface area (Å²) in [6.07, 6.45) is 0. The molecule has 0 radical (unpaired) electrons. The Balaban J connectivity index is 1.04. The SMILES string of the molecule is Clc1cc2c3c(c1)Oc1cc4c(cc1B3c1ccccc1O2)B1c2cc3c(cc2Oc2cc(Cl)cc(c21)O4)N(c1ccccc1)c1cc(Cl)cc2c1B3c1ccccc1O2. The molecule has 0 saturated heterocycles. The molecule has 6 aliphatic heterocycles. The number of hydrogen-bond acceptors (Lipinski definition) is 6. The topological polar surface area (TPSA) is 49.4 Å². The molecule has 0 spiro atoms. The van der Waals surface area contributed by atoms with Crippen molar-refractivity contribution in [3.8, 4) is 57.5 Å². The summed E-state index contributed by atoms with van der Waals surface area (Å²) in [7, 11) is 0. The fourth-order valence-corrected chi connectivity index (χ4v) is 11.0. The van der Waals surface area contributed by atoms with Crippen molar-refractivity contribution in [1.82, 2.24) is 0 Å². The van der Waals surface area contributed by atoms with Gasteiger partial charge in [0.25, 0.3) is 20.1 Å². The van der Waals surface area contributed by atoms with Gasteiger partial charge in [-0.3, -0.25) is 0 Å². The molecule has 0 unspecified atom stereocenters. The molecule has 60 heavy (non-hydrogen) atoms. The van der Waals surface area contributed by atoms with Gasteiger partial charge >= 0.3 is 0 Å². The second-order valence-electron chi connectivity index (χ2n) is 15.9. The van der Waals surface area contributed by atoms with E-state index in [9.17, 15) is 0 Å². The minimum absolute atomic E-state index is 0.153. The summed E-state index contributed by atoms with van der Waals surface area (Å²) in [4.78, 5) is 2.27. The highest BCUT2D eigenvalue weighted by atomic mass is 35.5. The van der Waals surface area contributed by atoms with E-state index in [4.69, 9.17) is 58.5 Å². The third kappa shape index (κ3) is 4.49. The van der Waals surface area contributed by atoms with E-state index in [2.05, 4.69) is 65.6 Å². The molecule has 8 aromatic rings. The Morgan fingerprint density at radius 1 is 0.317 bits per heavy atom. The van der Waals surface area contributed by atoms with E-state index in [1.807, 2.05) is 78.9 Å². The highest BCUT2D eigenvalue weighted by Gasteiger charge is 2.48. The first kappa shape index (κ1) is 33.5. The lowest BCUT2D eigenvalue weighted by Crippen LogP contribution is -2.63. The molecule has 12 heteroatoms. The number of benzene rings is 8. The van der Waals surface area contributed by atoms with Crippen LogP contribution >= 0.6 is 34.8 Å². The zero-order chi connectivity index (χ0) is 39.5. The van der Waals surface area contributed by atoms with Crippen LogP contribution in [-0.2, 0) is 0 Å². The molecule has 280 valence electrons. The maximum atomic E-state index is 6.95. The average molecular weight is 833 g/mol. The molecular weight excluding hydrogens is 809 g/mol. The molecule has 0 aliphatic carbocycles. The van der Waals surface area contributed by atoms with Crippen molar-refractivity contribution < 1.29 is 23.7 Å². The van der Waals surface area contributed by atoms with E-state index in [1.165, 1.54) is 0 Å². The van der Waals surface area contributed by atoms with Crippen molar-refractivity contribution in [2.75, 3.05) is 4.90 Å². The van der Waals surface area contributed by atoms with Gasteiger partial charge in [-0.25, -0.2) is 0 Å². The van der Waals surface area contributed by atoms with Gasteiger partial charge in [0.15, 0.2) is 0 Å². The standard InChI is InChI=1S/C48H23B3Cl3NO5/c52-24-14-35-46-41(15-24)56-36-12-6-4-10-28(36)49(46)30-20-31-38(22-34(30)55(35)27-8-2-1-3-9-27)58-44-18-26(54)19-45-48(44)51(31)33-21-32-39(23-40(33)60-45)59-43-17-25(53)16-42-47(43)50(32)29-11-5-7-13-37(29)57-42/h1-23H. The maximum absolute atomic E-state index is 6.95. The fourth-order valence-electron chi connectivity index (χ4n) is 10.4. The van der Waals surface area contributed by atoms with Crippen LogP contribution in [0.15, 0.2) is 140 Å². The Kier molecular flexibility index (Phi) is 6.63. The summed E-state index contributed by atoms with van der Waals surface area (Å²) in [5.74, 6) is 7.08. The minimum Gasteiger partial charge on any atom is -0.458 e. The Bertz CT molecular complexity index is 3290. The van der Waals surface area contributed by atoms with E-state index in [0.29, 0.717) is 49.6 Å². The third-order valence-electron chi connectivity index (χ3n) is 12.7. The highest BCUT2D eigenvalue weighted by Crippen LogP contribution is 2.46. The van der Waals surface area contributed by atoms with Crippen molar-refractivity contribution in [2.45, 2.75) is 0 Å². The molecule has 0 aromatic heterocycles. The Labute approximate surface area is 360 Å². The summed E-state index contributed by atoms with van der Waals surface area (Å²) < 4.78 is 33.5. The first-order valence-electron chi connectivity index (χ1n) is 19.7. The summed E-state index contributed by atoms with van der Waals surface area (Å²) in [6, 6.07) is 47.0. The van der Waals surface area contributed by atoms with Crippen LogP contribution in [-0.4, -0.2) is 20.1 Å². The smallest absolute Gasteiger partial charge is 0.260 e.